The first kappa shape index (κ1) is 34.6. The first-order valence-electron chi connectivity index (χ1n) is 13.2. The summed E-state index contributed by atoms with van der Waals surface area (Å²) in [5.41, 5.74) is -1.44. The van der Waals surface area contributed by atoms with Crippen LogP contribution in [0.5, 0.6) is 5.75 Å². The van der Waals surface area contributed by atoms with Gasteiger partial charge in [0.15, 0.2) is 18.9 Å². The van der Waals surface area contributed by atoms with Crippen molar-refractivity contribution in [2.45, 2.75) is 67.0 Å². The SMILES string of the molecule is C#Cc1cn(C2C=CC(OCP(=O)(NC(C)C(=O)OCC(C)C)Oc3ccccc3)O2)c(=O)[nH]c1=O.CC.CC. The first-order chi connectivity index (χ1) is 19.1. The monoisotopic (exact) mass is 577 g/mol. The van der Waals surface area contributed by atoms with Gasteiger partial charge in [-0.3, -0.25) is 23.7 Å². The lowest BCUT2D eigenvalue weighted by atomic mass is 10.2. The van der Waals surface area contributed by atoms with Crippen LogP contribution in [0, 0.1) is 18.3 Å². The number of aromatic nitrogens is 2. The lowest BCUT2D eigenvalue weighted by molar-refractivity contribution is -0.146. The standard InChI is InChI=1S/C24H28N3O8P.2C2H6/c1-5-18-13-27(24(30)25-22(18)28)20-11-12-21(34-20)33-15-36(31,35-19-9-7-6-8-10-19)26-17(4)23(29)32-14-16(2)3;2*1-2/h1,6-13,16-17,20-21H,14-15H2,2-4H3,(H,26,31)(H,25,28,30);2*1-2H3. The van der Waals surface area contributed by atoms with Gasteiger partial charge in [0.1, 0.15) is 17.4 Å². The number of esters is 1. The molecule has 40 heavy (non-hydrogen) atoms. The molecular weight excluding hydrogens is 537 g/mol. The Morgan fingerprint density at radius 2 is 1.80 bits per heavy atom. The molecule has 2 N–H and O–H groups in total. The molecule has 220 valence electrons. The van der Waals surface area contributed by atoms with Crippen molar-refractivity contribution in [2.24, 2.45) is 5.92 Å². The molecule has 11 nitrogen and oxygen atoms in total. The Morgan fingerprint density at radius 3 is 2.40 bits per heavy atom. The van der Waals surface area contributed by atoms with Crippen LogP contribution in [0.2, 0.25) is 0 Å². The Morgan fingerprint density at radius 1 is 1.15 bits per heavy atom. The van der Waals surface area contributed by atoms with E-state index in [0.29, 0.717) is 5.75 Å². The van der Waals surface area contributed by atoms with Crippen LogP contribution in [-0.4, -0.2) is 40.8 Å². The van der Waals surface area contributed by atoms with E-state index in [1.807, 2.05) is 41.5 Å². The normalized spacial score (nSPS) is 17.8. The summed E-state index contributed by atoms with van der Waals surface area (Å²) in [6, 6.07) is 7.47. The number of aromatic amines is 1. The second kappa shape index (κ2) is 17.3. The maximum atomic E-state index is 13.7. The number of carbonyl (C=O) groups is 1. The zero-order chi connectivity index (χ0) is 30.3. The molecule has 0 bridgehead atoms. The fourth-order valence-electron chi connectivity index (χ4n) is 3.08. The number of nitrogens with zero attached hydrogens (tertiary/aromatic N) is 1. The predicted molar refractivity (Wildman–Crippen MR) is 154 cm³/mol. The molecule has 0 saturated carbocycles. The Balaban J connectivity index is 0.00000191. The van der Waals surface area contributed by atoms with E-state index in [-0.39, 0.29) is 18.1 Å². The first-order valence-corrected chi connectivity index (χ1v) is 15.0. The fraction of sp³-hybridized carbons (Fsp3) is 0.464. The minimum Gasteiger partial charge on any atom is -0.464 e. The molecule has 12 heteroatoms. The van der Waals surface area contributed by atoms with Crippen LogP contribution in [0.3, 0.4) is 0 Å². The highest BCUT2D eigenvalue weighted by atomic mass is 31.2. The number of ether oxygens (including phenoxy) is 3. The summed E-state index contributed by atoms with van der Waals surface area (Å²) < 4.78 is 37.0. The number of benzene rings is 1. The van der Waals surface area contributed by atoms with Gasteiger partial charge in [-0.15, -0.1) is 6.42 Å². The maximum Gasteiger partial charge on any atom is 0.342 e. The van der Waals surface area contributed by atoms with Crippen LogP contribution in [0.15, 0.2) is 58.3 Å². The van der Waals surface area contributed by atoms with Crippen molar-refractivity contribution >= 4 is 13.5 Å². The smallest absolute Gasteiger partial charge is 0.342 e. The molecule has 0 saturated heterocycles. The van der Waals surface area contributed by atoms with Crippen LogP contribution in [0.25, 0.3) is 0 Å². The molecule has 1 aromatic carbocycles. The quantitative estimate of drug-likeness (QED) is 0.172. The number of terminal acetylenes is 1. The van der Waals surface area contributed by atoms with Crippen LogP contribution in [0.4, 0.5) is 0 Å². The summed E-state index contributed by atoms with van der Waals surface area (Å²) >= 11 is 0. The molecule has 3 rings (SSSR count). The summed E-state index contributed by atoms with van der Waals surface area (Å²) in [7, 11) is -3.80. The molecule has 1 aliphatic rings. The maximum absolute atomic E-state index is 13.7. The van der Waals surface area contributed by atoms with Gasteiger partial charge in [-0.25, -0.2) is 9.88 Å². The average molecular weight is 578 g/mol. The van der Waals surface area contributed by atoms with Gasteiger partial charge in [0.2, 0.25) is 0 Å². The van der Waals surface area contributed by atoms with Crippen LogP contribution < -0.4 is 20.9 Å². The van der Waals surface area contributed by atoms with Crippen molar-refractivity contribution in [1.82, 2.24) is 14.6 Å². The Kier molecular flexibility index (Phi) is 15.0. The van der Waals surface area contributed by atoms with Crippen molar-refractivity contribution < 1.29 is 28.1 Å². The predicted octanol–water partition coefficient (Wildman–Crippen LogP) is 4.40. The highest BCUT2D eigenvalue weighted by Crippen LogP contribution is 2.44. The van der Waals surface area contributed by atoms with E-state index in [0.717, 1.165) is 4.57 Å². The average Bonchev–Trinajstić information content (AvgIpc) is 3.42. The van der Waals surface area contributed by atoms with E-state index in [2.05, 4.69) is 16.0 Å². The van der Waals surface area contributed by atoms with Gasteiger partial charge >= 0.3 is 19.2 Å². The van der Waals surface area contributed by atoms with Crippen molar-refractivity contribution in [3.05, 3.63) is 75.1 Å². The van der Waals surface area contributed by atoms with Gasteiger partial charge in [0, 0.05) is 6.20 Å². The number of hydrogen-bond donors (Lipinski definition) is 2. The van der Waals surface area contributed by atoms with E-state index >= 15 is 0 Å². The minimum absolute atomic E-state index is 0.0423. The van der Waals surface area contributed by atoms with Crippen LogP contribution in [0.1, 0.15) is 60.3 Å². The number of carbonyl (C=O) groups excluding carboxylic acids is 1. The zero-order valence-electron chi connectivity index (χ0n) is 24.1. The number of hydrogen-bond acceptors (Lipinski definition) is 8. The third-order valence-electron chi connectivity index (χ3n) is 4.81. The van der Waals surface area contributed by atoms with E-state index in [1.165, 1.54) is 25.3 Å². The molecule has 1 aromatic heterocycles. The highest BCUT2D eigenvalue weighted by molar-refractivity contribution is 7.57. The molecule has 2 heterocycles. The molecule has 0 fully saturated rings. The number of H-pyrrole nitrogens is 1. The number of rotatable bonds is 11. The van der Waals surface area contributed by atoms with Gasteiger partial charge in [0.05, 0.1) is 6.61 Å². The molecule has 0 radical (unpaired) electrons. The molecular formula is C28H40N3O8P. The minimum atomic E-state index is -3.80. The molecule has 4 unspecified atom stereocenters. The Labute approximate surface area is 235 Å². The van der Waals surface area contributed by atoms with Gasteiger partial charge < -0.3 is 18.7 Å². The van der Waals surface area contributed by atoms with Crippen LogP contribution in [-0.2, 0) is 23.6 Å². The van der Waals surface area contributed by atoms with Crippen LogP contribution >= 0.6 is 7.52 Å². The second-order valence-corrected chi connectivity index (χ2v) is 10.4. The molecule has 0 aliphatic carbocycles. The van der Waals surface area contributed by atoms with Crippen molar-refractivity contribution in [3.8, 4) is 18.1 Å². The van der Waals surface area contributed by atoms with Crippen molar-refractivity contribution in [1.29, 1.82) is 0 Å². The topological polar surface area (TPSA) is 138 Å². The summed E-state index contributed by atoms with van der Waals surface area (Å²) in [6.07, 6.45) is 7.14. The molecule has 4 atom stereocenters. The molecule has 1 aliphatic heterocycles. The van der Waals surface area contributed by atoms with Crippen molar-refractivity contribution in [2.75, 3.05) is 13.0 Å². The second-order valence-electron chi connectivity index (χ2n) is 8.38. The highest BCUT2D eigenvalue weighted by Gasteiger charge is 2.33. The third-order valence-corrected chi connectivity index (χ3v) is 6.59. The Bertz CT molecular complexity index is 1300. The summed E-state index contributed by atoms with van der Waals surface area (Å²) in [4.78, 5) is 38.3. The number of nitrogens with one attached hydrogen (secondary N) is 2. The Hall–Kier alpha value is -3.42. The van der Waals surface area contributed by atoms with Gasteiger partial charge in [-0.05, 0) is 37.1 Å². The zero-order valence-corrected chi connectivity index (χ0v) is 25.0. The third kappa shape index (κ3) is 10.6. The largest absolute Gasteiger partial charge is 0.464 e. The lowest BCUT2D eigenvalue weighted by Crippen LogP contribution is -2.36. The lowest BCUT2D eigenvalue weighted by Gasteiger charge is -2.25. The summed E-state index contributed by atoms with van der Waals surface area (Å²) in [5.74, 6) is 2.06. The molecule has 0 amide bonds. The van der Waals surface area contributed by atoms with E-state index < -0.39 is 49.6 Å². The molecule has 0 spiro atoms. The van der Waals surface area contributed by atoms with Crippen molar-refractivity contribution in [3.63, 3.8) is 0 Å². The van der Waals surface area contributed by atoms with Gasteiger partial charge in [0.25, 0.3) is 5.56 Å². The van der Waals surface area contributed by atoms with Gasteiger partial charge in [-0.1, -0.05) is 65.7 Å². The number of para-hydroxylation sites is 1. The molecule has 2 aromatic rings. The van der Waals surface area contributed by atoms with E-state index in [1.54, 1.807) is 30.3 Å². The van der Waals surface area contributed by atoms with Gasteiger partial charge in [-0.2, -0.15) is 0 Å². The fourth-order valence-corrected chi connectivity index (χ4v) is 4.76. The van der Waals surface area contributed by atoms with E-state index in [4.69, 9.17) is 25.2 Å². The van der Waals surface area contributed by atoms with E-state index in [9.17, 15) is 18.9 Å². The summed E-state index contributed by atoms with van der Waals surface area (Å²) in [6.45, 7) is 13.5. The summed E-state index contributed by atoms with van der Waals surface area (Å²) in [5, 5.41) is 2.70.